The molecule has 1 saturated carbocycles. The summed E-state index contributed by atoms with van der Waals surface area (Å²) in [5.41, 5.74) is 7.38. The maximum atomic E-state index is 9.99. The van der Waals surface area contributed by atoms with Gasteiger partial charge in [0.15, 0.2) is 11.5 Å². The van der Waals surface area contributed by atoms with Gasteiger partial charge in [-0.25, -0.2) is 0 Å². The summed E-state index contributed by atoms with van der Waals surface area (Å²) in [6.45, 7) is 0. The van der Waals surface area contributed by atoms with Crippen LogP contribution in [-0.2, 0) is 0 Å². The number of aliphatic hydroxyl groups excluding tert-OH is 1. The van der Waals surface area contributed by atoms with Crippen molar-refractivity contribution in [2.24, 2.45) is 0 Å². The van der Waals surface area contributed by atoms with Crippen LogP contribution in [0.25, 0.3) is 0 Å². The quantitative estimate of drug-likeness (QED) is 0.727. The second-order valence-corrected chi connectivity index (χ2v) is 4.90. The Morgan fingerprint density at radius 1 is 1.16 bits per heavy atom. The van der Waals surface area contributed by atoms with Crippen molar-refractivity contribution >= 4 is 11.4 Å². The molecule has 0 aromatic heterocycles. The SMILES string of the molecule is COc1cc(N)c(NC2CCCCC2O)cc1OC. The van der Waals surface area contributed by atoms with Gasteiger partial charge < -0.3 is 25.6 Å². The monoisotopic (exact) mass is 266 g/mol. The van der Waals surface area contributed by atoms with E-state index in [1.165, 1.54) is 0 Å². The molecule has 0 radical (unpaired) electrons. The number of nitrogens with two attached hydrogens (primary N) is 1. The largest absolute Gasteiger partial charge is 0.493 e. The molecule has 0 bridgehead atoms. The van der Waals surface area contributed by atoms with Crippen molar-refractivity contribution in [2.45, 2.75) is 37.8 Å². The van der Waals surface area contributed by atoms with Crippen molar-refractivity contribution < 1.29 is 14.6 Å². The minimum atomic E-state index is -0.318. The Balaban J connectivity index is 2.19. The predicted molar refractivity (Wildman–Crippen MR) is 75.8 cm³/mol. The van der Waals surface area contributed by atoms with E-state index in [4.69, 9.17) is 15.2 Å². The molecule has 5 nitrogen and oxygen atoms in total. The van der Waals surface area contributed by atoms with Crippen LogP contribution in [0, 0.1) is 0 Å². The molecule has 1 fully saturated rings. The summed E-state index contributed by atoms with van der Waals surface area (Å²) in [6.07, 6.45) is 3.68. The fourth-order valence-corrected chi connectivity index (χ4v) is 2.50. The lowest BCUT2D eigenvalue weighted by atomic mass is 9.92. The van der Waals surface area contributed by atoms with Gasteiger partial charge in [-0.3, -0.25) is 0 Å². The number of nitrogen functional groups attached to an aromatic ring is 1. The summed E-state index contributed by atoms with van der Waals surface area (Å²) in [4.78, 5) is 0. The Morgan fingerprint density at radius 2 is 1.79 bits per heavy atom. The third-order valence-electron chi connectivity index (χ3n) is 3.63. The van der Waals surface area contributed by atoms with Crippen LogP contribution in [-0.4, -0.2) is 31.5 Å². The molecule has 2 rings (SSSR count). The lowest BCUT2D eigenvalue weighted by Gasteiger charge is -2.29. The van der Waals surface area contributed by atoms with Crippen LogP contribution >= 0.6 is 0 Å². The molecule has 2 atom stereocenters. The summed E-state index contributed by atoms with van der Waals surface area (Å²) in [5.74, 6) is 1.24. The number of ether oxygens (including phenoxy) is 2. The molecule has 0 aliphatic heterocycles. The fraction of sp³-hybridized carbons (Fsp3) is 0.571. The first-order valence-electron chi connectivity index (χ1n) is 6.61. The number of aliphatic hydroxyl groups is 1. The zero-order valence-electron chi connectivity index (χ0n) is 11.5. The van der Waals surface area contributed by atoms with Crippen molar-refractivity contribution in [1.82, 2.24) is 0 Å². The van der Waals surface area contributed by atoms with E-state index in [0.29, 0.717) is 17.2 Å². The standard InChI is InChI=1S/C14H22N2O3/c1-18-13-7-9(15)11(8-14(13)19-2)16-10-5-3-4-6-12(10)17/h7-8,10,12,16-17H,3-6,15H2,1-2H3. The molecule has 106 valence electrons. The van der Waals surface area contributed by atoms with Gasteiger partial charge in [-0.05, 0) is 12.8 Å². The summed E-state index contributed by atoms with van der Waals surface area (Å²) in [5, 5.41) is 13.3. The number of benzene rings is 1. The number of nitrogens with one attached hydrogen (secondary N) is 1. The zero-order valence-corrected chi connectivity index (χ0v) is 11.5. The number of methoxy groups -OCH3 is 2. The molecular weight excluding hydrogens is 244 g/mol. The highest BCUT2D eigenvalue weighted by Gasteiger charge is 2.23. The summed E-state index contributed by atoms with van der Waals surface area (Å²) in [7, 11) is 3.17. The highest BCUT2D eigenvalue weighted by molar-refractivity contribution is 5.72. The Hall–Kier alpha value is -1.62. The van der Waals surface area contributed by atoms with Gasteiger partial charge in [-0.15, -0.1) is 0 Å². The van der Waals surface area contributed by atoms with Gasteiger partial charge in [0.25, 0.3) is 0 Å². The molecule has 4 N–H and O–H groups in total. The molecule has 19 heavy (non-hydrogen) atoms. The van der Waals surface area contributed by atoms with Gasteiger partial charge >= 0.3 is 0 Å². The maximum absolute atomic E-state index is 9.99. The molecule has 1 aliphatic rings. The smallest absolute Gasteiger partial charge is 0.162 e. The third-order valence-corrected chi connectivity index (χ3v) is 3.63. The molecule has 5 heteroatoms. The Labute approximate surface area is 113 Å². The van der Waals surface area contributed by atoms with Crippen molar-refractivity contribution in [1.29, 1.82) is 0 Å². The van der Waals surface area contributed by atoms with Crippen LogP contribution in [0.2, 0.25) is 0 Å². The number of rotatable bonds is 4. The van der Waals surface area contributed by atoms with Gasteiger partial charge in [0, 0.05) is 12.1 Å². The van der Waals surface area contributed by atoms with E-state index < -0.39 is 0 Å². The molecule has 2 unspecified atom stereocenters. The normalized spacial score (nSPS) is 22.9. The molecule has 1 aliphatic carbocycles. The van der Waals surface area contributed by atoms with E-state index in [1.807, 2.05) is 6.07 Å². The minimum absolute atomic E-state index is 0.0501. The van der Waals surface area contributed by atoms with E-state index >= 15 is 0 Å². The molecule has 1 aromatic carbocycles. The van der Waals surface area contributed by atoms with Gasteiger partial charge in [-0.2, -0.15) is 0 Å². The highest BCUT2D eigenvalue weighted by atomic mass is 16.5. The number of hydrogen-bond donors (Lipinski definition) is 3. The Morgan fingerprint density at radius 3 is 2.42 bits per heavy atom. The first-order valence-corrected chi connectivity index (χ1v) is 6.61. The molecule has 0 spiro atoms. The zero-order chi connectivity index (χ0) is 13.8. The molecule has 0 saturated heterocycles. The van der Waals surface area contributed by atoms with Crippen molar-refractivity contribution in [2.75, 3.05) is 25.3 Å². The van der Waals surface area contributed by atoms with Crippen molar-refractivity contribution in [3.63, 3.8) is 0 Å². The van der Waals surface area contributed by atoms with Gasteiger partial charge in [0.1, 0.15) is 0 Å². The van der Waals surface area contributed by atoms with Crippen LogP contribution in [0.3, 0.4) is 0 Å². The Bertz CT molecular complexity index is 437. The van der Waals surface area contributed by atoms with E-state index in [-0.39, 0.29) is 12.1 Å². The predicted octanol–water partition coefficient (Wildman–Crippen LogP) is 2.00. The van der Waals surface area contributed by atoms with Crippen molar-refractivity contribution in [3.05, 3.63) is 12.1 Å². The minimum Gasteiger partial charge on any atom is -0.493 e. The van der Waals surface area contributed by atoms with Crippen LogP contribution in [0.1, 0.15) is 25.7 Å². The summed E-state index contributed by atoms with van der Waals surface area (Å²) < 4.78 is 10.5. The Kier molecular flexibility index (Phi) is 4.37. The maximum Gasteiger partial charge on any atom is 0.162 e. The van der Waals surface area contributed by atoms with Crippen LogP contribution in [0.4, 0.5) is 11.4 Å². The first kappa shape index (κ1) is 13.8. The van der Waals surface area contributed by atoms with Crippen molar-refractivity contribution in [3.8, 4) is 11.5 Å². The first-order chi connectivity index (χ1) is 9.15. The average Bonchev–Trinajstić information content (AvgIpc) is 2.42. The van der Waals surface area contributed by atoms with E-state index in [2.05, 4.69) is 5.32 Å². The topological polar surface area (TPSA) is 76.7 Å². The van der Waals surface area contributed by atoms with E-state index in [1.54, 1.807) is 20.3 Å². The molecular formula is C14H22N2O3. The highest BCUT2D eigenvalue weighted by Crippen LogP contribution is 2.36. The summed E-state index contributed by atoms with van der Waals surface area (Å²) in [6, 6.07) is 3.60. The summed E-state index contributed by atoms with van der Waals surface area (Å²) >= 11 is 0. The number of hydrogen-bond acceptors (Lipinski definition) is 5. The lowest BCUT2D eigenvalue weighted by Crippen LogP contribution is -2.36. The van der Waals surface area contributed by atoms with Gasteiger partial charge in [0.2, 0.25) is 0 Å². The van der Waals surface area contributed by atoms with Crippen LogP contribution in [0.5, 0.6) is 11.5 Å². The van der Waals surface area contributed by atoms with E-state index in [9.17, 15) is 5.11 Å². The fourth-order valence-electron chi connectivity index (χ4n) is 2.50. The second-order valence-electron chi connectivity index (χ2n) is 4.90. The molecule has 0 heterocycles. The molecule has 0 amide bonds. The third kappa shape index (κ3) is 3.04. The van der Waals surface area contributed by atoms with Gasteiger partial charge in [-0.1, -0.05) is 12.8 Å². The second kappa shape index (κ2) is 6.02. The van der Waals surface area contributed by atoms with Crippen LogP contribution in [0.15, 0.2) is 12.1 Å². The van der Waals surface area contributed by atoms with E-state index in [0.717, 1.165) is 31.4 Å². The van der Waals surface area contributed by atoms with Crippen LogP contribution < -0.4 is 20.5 Å². The van der Waals surface area contributed by atoms with Gasteiger partial charge in [0.05, 0.1) is 37.7 Å². The lowest BCUT2D eigenvalue weighted by molar-refractivity contribution is 0.116. The number of anilines is 2. The molecule has 1 aromatic rings. The average molecular weight is 266 g/mol.